The topological polar surface area (TPSA) is 78.6 Å². The number of piperidine rings is 1. The molecule has 0 aliphatic carbocycles. The maximum atomic E-state index is 11.3. The highest BCUT2D eigenvalue weighted by atomic mass is 35.5. The summed E-state index contributed by atoms with van der Waals surface area (Å²) in [6, 6.07) is -0.0719. The van der Waals surface area contributed by atoms with Crippen LogP contribution < -0.4 is 11.1 Å². The molecule has 0 aromatic carbocycles. The molecular weight excluding hydrogens is 206 g/mol. The molecule has 1 aliphatic rings. The lowest BCUT2D eigenvalue weighted by molar-refractivity contribution is 0.0938. The van der Waals surface area contributed by atoms with E-state index in [1.165, 1.54) is 0 Å². The van der Waals surface area contributed by atoms with E-state index in [0.29, 0.717) is 39.0 Å². The van der Waals surface area contributed by atoms with E-state index < -0.39 is 0 Å². The number of nitrogens with zero attached hydrogens (tertiary/aromatic N) is 1. The van der Waals surface area contributed by atoms with Crippen LogP contribution in [0, 0.1) is 0 Å². The number of aliphatic hydroxyl groups is 1. The van der Waals surface area contributed by atoms with E-state index in [-0.39, 0.29) is 24.5 Å². The molecule has 1 saturated heterocycles. The minimum Gasteiger partial charge on any atom is -0.393 e. The number of aliphatic hydroxyl groups excluding tert-OH is 1. The number of nitrogens with one attached hydrogen (secondary N) is 1. The predicted molar refractivity (Wildman–Crippen MR) is 56.5 cm³/mol. The van der Waals surface area contributed by atoms with E-state index >= 15 is 0 Å². The second kappa shape index (κ2) is 6.86. The van der Waals surface area contributed by atoms with Crippen molar-refractivity contribution in [2.24, 2.45) is 5.73 Å². The van der Waals surface area contributed by atoms with Crippen LogP contribution in [0.2, 0.25) is 0 Å². The van der Waals surface area contributed by atoms with E-state index in [9.17, 15) is 9.90 Å². The van der Waals surface area contributed by atoms with Crippen molar-refractivity contribution in [2.75, 3.05) is 26.2 Å². The zero-order valence-corrected chi connectivity index (χ0v) is 8.92. The third-order valence-electron chi connectivity index (χ3n) is 2.17. The minimum atomic E-state index is -0.237. The van der Waals surface area contributed by atoms with Gasteiger partial charge in [0.2, 0.25) is 0 Å². The van der Waals surface area contributed by atoms with E-state index in [2.05, 4.69) is 5.32 Å². The van der Waals surface area contributed by atoms with Crippen molar-refractivity contribution in [3.05, 3.63) is 0 Å². The predicted octanol–water partition coefficient (Wildman–Crippen LogP) is -0.467. The van der Waals surface area contributed by atoms with E-state index in [1.54, 1.807) is 4.90 Å². The summed E-state index contributed by atoms with van der Waals surface area (Å²) in [6.07, 6.45) is 1.12. The molecular formula is C8H18ClN3O2. The fourth-order valence-corrected chi connectivity index (χ4v) is 1.36. The largest absolute Gasteiger partial charge is 0.393 e. The number of likely N-dealkylation sites (tertiary alicyclic amines) is 1. The second-order valence-electron chi connectivity index (χ2n) is 3.24. The first kappa shape index (κ1) is 13.5. The average Bonchev–Trinajstić information content (AvgIpc) is 2.15. The molecule has 0 aromatic rings. The fourth-order valence-electron chi connectivity index (χ4n) is 1.36. The van der Waals surface area contributed by atoms with Gasteiger partial charge in [-0.1, -0.05) is 0 Å². The molecule has 0 radical (unpaired) electrons. The summed E-state index contributed by atoms with van der Waals surface area (Å²) in [5.74, 6) is 0. The van der Waals surface area contributed by atoms with Gasteiger partial charge in [-0.25, -0.2) is 4.79 Å². The van der Waals surface area contributed by atoms with Gasteiger partial charge in [0.1, 0.15) is 0 Å². The highest BCUT2D eigenvalue weighted by Crippen LogP contribution is 2.09. The lowest BCUT2D eigenvalue weighted by Crippen LogP contribution is -2.46. The van der Waals surface area contributed by atoms with Gasteiger partial charge in [0.05, 0.1) is 6.10 Å². The molecule has 1 aliphatic heterocycles. The van der Waals surface area contributed by atoms with Crippen LogP contribution in [0.5, 0.6) is 0 Å². The molecule has 0 unspecified atom stereocenters. The van der Waals surface area contributed by atoms with Crippen molar-refractivity contribution >= 4 is 18.4 Å². The van der Waals surface area contributed by atoms with Gasteiger partial charge in [-0.15, -0.1) is 12.4 Å². The molecule has 0 bridgehead atoms. The van der Waals surface area contributed by atoms with Gasteiger partial charge >= 0.3 is 6.03 Å². The van der Waals surface area contributed by atoms with Gasteiger partial charge in [-0.2, -0.15) is 0 Å². The van der Waals surface area contributed by atoms with Crippen molar-refractivity contribution in [3.63, 3.8) is 0 Å². The first-order chi connectivity index (χ1) is 6.24. The third-order valence-corrected chi connectivity index (χ3v) is 2.17. The zero-order valence-electron chi connectivity index (χ0n) is 8.11. The van der Waals surface area contributed by atoms with Crippen molar-refractivity contribution in [3.8, 4) is 0 Å². The summed E-state index contributed by atoms with van der Waals surface area (Å²) >= 11 is 0. The molecule has 6 heteroatoms. The van der Waals surface area contributed by atoms with Gasteiger partial charge in [0, 0.05) is 26.2 Å². The SMILES string of the molecule is Cl.NCCNC(=O)N1CCC(O)CC1. The highest BCUT2D eigenvalue weighted by molar-refractivity contribution is 5.85. The average molecular weight is 224 g/mol. The number of carbonyl (C=O) groups excluding carboxylic acids is 1. The lowest BCUT2D eigenvalue weighted by atomic mass is 10.1. The van der Waals surface area contributed by atoms with Crippen LogP contribution in [0.1, 0.15) is 12.8 Å². The Morgan fingerprint density at radius 3 is 2.57 bits per heavy atom. The van der Waals surface area contributed by atoms with Crippen LogP contribution in [0.3, 0.4) is 0 Å². The Kier molecular flexibility index (Phi) is 6.61. The lowest BCUT2D eigenvalue weighted by Gasteiger charge is -2.29. The molecule has 0 aromatic heterocycles. The van der Waals surface area contributed by atoms with E-state index in [0.717, 1.165) is 0 Å². The first-order valence-corrected chi connectivity index (χ1v) is 4.65. The molecule has 4 N–H and O–H groups in total. The number of hydrogen-bond donors (Lipinski definition) is 3. The number of carbonyl (C=O) groups is 1. The zero-order chi connectivity index (χ0) is 9.68. The smallest absolute Gasteiger partial charge is 0.317 e. The van der Waals surface area contributed by atoms with Gasteiger partial charge in [-0.05, 0) is 12.8 Å². The number of rotatable bonds is 2. The Morgan fingerprint density at radius 1 is 1.50 bits per heavy atom. The van der Waals surface area contributed by atoms with Crippen LogP contribution in [-0.2, 0) is 0 Å². The minimum absolute atomic E-state index is 0. The number of urea groups is 1. The third kappa shape index (κ3) is 4.13. The monoisotopic (exact) mass is 223 g/mol. The Morgan fingerprint density at radius 2 is 2.07 bits per heavy atom. The second-order valence-corrected chi connectivity index (χ2v) is 3.24. The van der Waals surface area contributed by atoms with Crippen LogP contribution in [0.25, 0.3) is 0 Å². The number of amides is 2. The van der Waals surface area contributed by atoms with Crippen molar-refractivity contribution in [1.82, 2.24) is 10.2 Å². The molecule has 2 amide bonds. The molecule has 1 rings (SSSR count). The Labute approximate surface area is 90.0 Å². The fraction of sp³-hybridized carbons (Fsp3) is 0.875. The van der Waals surface area contributed by atoms with Gasteiger partial charge in [-0.3, -0.25) is 0 Å². The normalized spacial score (nSPS) is 17.4. The van der Waals surface area contributed by atoms with Gasteiger partial charge < -0.3 is 21.1 Å². The summed E-state index contributed by atoms with van der Waals surface area (Å²) < 4.78 is 0. The van der Waals surface area contributed by atoms with Crippen LogP contribution >= 0.6 is 12.4 Å². The summed E-state index contributed by atoms with van der Waals surface area (Å²) in [6.45, 7) is 2.25. The molecule has 0 saturated carbocycles. The van der Waals surface area contributed by atoms with E-state index in [1.807, 2.05) is 0 Å². The molecule has 1 fully saturated rings. The van der Waals surface area contributed by atoms with Gasteiger partial charge in [0.25, 0.3) is 0 Å². The highest BCUT2D eigenvalue weighted by Gasteiger charge is 2.20. The summed E-state index contributed by atoms with van der Waals surface area (Å²) in [4.78, 5) is 13.1. The quantitative estimate of drug-likeness (QED) is 0.593. The van der Waals surface area contributed by atoms with Crippen molar-refractivity contribution in [2.45, 2.75) is 18.9 Å². The Bertz CT molecular complexity index is 172. The summed E-state index contributed by atoms with van der Waals surface area (Å²) in [7, 11) is 0. The Hall–Kier alpha value is -0.520. The van der Waals surface area contributed by atoms with Crippen LogP contribution in [0.4, 0.5) is 4.79 Å². The molecule has 14 heavy (non-hydrogen) atoms. The Balaban J connectivity index is 0.00000169. The summed E-state index contributed by atoms with van der Waals surface area (Å²) in [5.41, 5.74) is 5.26. The van der Waals surface area contributed by atoms with Crippen molar-refractivity contribution in [1.29, 1.82) is 0 Å². The first-order valence-electron chi connectivity index (χ1n) is 4.65. The van der Waals surface area contributed by atoms with Crippen LogP contribution in [-0.4, -0.2) is 48.3 Å². The maximum Gasteiger partial charge on any atom is 0.317 e. The molecule has 0 atom stereocenters. The molecule has 1 heterocycles. The molecule has 0 spiro atoms. The van der Waals surface area contributed by atoms with Crippen molar-refractivity contribution < 1.29 is 9.90 Å². The maximum absolute atomic E-state index is 11.3. The standard InChI is InChI=1S/C8H17N3O2.ClH/c9-3-4-10-8(13)11-5-1-7(12)2-6-11;/h7,12H,1-6,9H2,(H,10,13);1H. The summed E-state index contributed by atoms with van der Waals surface area (Å²) in [5, 5.41) is 11.9. The van der Waals surface area contributed by atoms with Crippen LogP contribution in [0.15, 0.2) is 0 Å². The number of nitrogens with two attached hydrogens (primary N) is 1. The van der Waals surface area contributed by atoms with E-state index in [4.69, 9.17) is 5.73 Å². The number of hydrogen-bond acceptors (Lipinski definition) is 3. The molecule has 5 nitrogen and oxygen atoms in total. The molecule has 84 valence electrons. The van der Waals surface area contributed by atoms with Gasteiger partial charge in [0.15, 0.2) is 0 Å². The number of halogens is 1.